The van der Waals surface area contributed by atoms with Crippen molar-refractivity contribution in [2.24, 2.45) is 0 Å². The molecule has 4 nitrogen and oxygen atoms in total. The Balaban J connectivity index is 1.45. The Hall–Kier alpha value is -2.63. The van der Waals surface area contributed by atoms with E-state index in [9.17, 15) is 4.79 Å². The van der Waals surface area contributed by atoms with E-state index in [0.717, 1.165) is 23.5 Å². The van der Waals surface area contributed by atoms with E-state index in [4.69, 9.17) is 4.74 Å². The maximum atomic E-state index is 12.2. The van der Waals surface area contributed by atoms with Crippen molar-refractivity contribution in [3.05, 3.63) is 82.6 Å². The van der Waals surface area contributed by atoms with Crippen molar-refractivity contribution in [3.63, 3.8) is 0 Å². The molecule has 1 aromatic heterocycles. The lowest BCUT2D eigenvalue weighted by atomic mass is 10.2. The number of carbonyl (C=O) groups is 1. The maximum Gasteiger partial charge on any atom is 0.238 e. The number of likely N-dealkylation sites (N-methyl/N-ethyl adjacent to an activating group) is 1. The predicted octanol–water partition coefficient (Wildman–Crippen LogP) is 4.40. The Kier molecular flexibility index (Phi) is 6.41. The number of ether oxygens (including phenoxy) is 1. The number of amides is 1. The second-order valence-corrected chi connectivity index (χ2v) is 6.93. The van der Waals surface area contributed by atoms with Crippen LogP contribution >= 0.6 is 11.3 Å². The van der Waals surface area contributed by atoms with Crippen molar-refractivity contribution < 1.29 is 9.53 Å². The normalized spacial score (nSPS) is 10.7. The molecule has 0 saturated heterocycles. The second-order valence-electron chi connectivity index (χ2n) is 6.15. The number of hydrogen-bond acceptors (Lipinski definition) is 4. The zero-order valence-electron chi connectivity index (χ0n) is 14.7. The lowest BCUT2D eigenvalue weighted by molar-refractivity contribution is -0.117. The first-order chi connectivity index (χ1) is 12.7. The van der Waals surface area contributed by atoms with Gasteiger partial charge in [-0.05, 0) is 59.3 Å². The molecule has 0 saturated carbocycles. The van der Waals surface area contributed by atoms with Gasteiger partial charge in [-0.15, -0.1) is 0 Å². The highest BCUT2D eigenvalue weighted by molar-refractivity contribution is 7.07. The molecule has 0 atom stereocenters. The molecular weight excluding hydrogens is 344 g/mol. The van der Waals surface area contributed by atoms with Crippen LogP contribution in [-0.2, 0) is 17.9 Å². The highest BCUT2D eigenvalue weighted by atomic mass is 32.1. The summed E-state index contributed by atoms with van der Waals surface area (Å²) in [5.74, 6) is 0.752. The molecule has 0 fully saturated rings. The van der Waals surface area contributed by atoms with Gasteiger partial charge in [-0.1, -0.05) is 30.3 Å². The number of benzene rings is 2. The summed E-state index contributed by atoms with van der Waals surface area (Å²) in [4.78, 5) is 14.2. The molecule has 5 heteroatoms. The summed E-state index contributed by atoms with van der Waals surface area (Å²) in [6, 6.07) is 19.6. The molecule has 0 aliphatic rings. The van der Waals surface area contributed by atoms with Crippen LogP contribution in [0.1, 0.15) is 11.1 Å². The van der Waals surface area contributed by atoms with Gasteiger partial charge in [0.2, 0.25) is 5.91 Å². The average Bonchev–Trinajstić information content (AvgIpc) is 3.14. The molecule has 134 valence electrons. The van der Waals surface area contributed by atoms with Gasteiger partial charge in [0, 0.05) is 12.2 Å². The van der Waals surface area contributed by atoms with Crippen LogP contribution in [0.3, 0.4) is 0 Å². The summed E-state index contributed by atoms with van der Waals surface area (Å²) in [6.45, 7) is 1.64. The highest BCUT2D eigenvalue weighted by Crippen LogP contribution is 2.17. The number of hydrogen-bond donors (Lipinski definition) is 1. The van der Waals surface area contributed by atoms with Gasteiger partial charge < -0.3 is 10.1 Å². The maximum absolute atomic E-state index is 12.2. The Morgan fingerprint density at radius 3 is 2.50 bits per heavy atom. The third-order valence-electron chi connectivity index (χ3n) is 3.83. The van der Waals surface area contributed by atoms with E-state index < -0.39 is 0 Å². The van der Waals surface area contributed by atoms with Crippen LogP contribution < -0.4 is 10.1 Å². The molecule has 0 spiro atoms. The zero-order chi connectivity index (χ0) is 18.2. The quantitative estimate of drug-likeness (QED) is 0.642. The summed E-state index contributed by atoms with van der Waals surface area (Å²) in [7, 11) is 1.94. The summed E-state index contributed by atoms with van der Waals surface area (Å²) >= 11 is 1.67. The van der Waals surface area contributed by atoms with Crippen LogP contribution in [0.5, 0.6) is 5.75 Å². The van der Waals surface area contributed by atoms with Gasteiger partial charge in [0.15, 0.2) is 0 Å². The topological polar surface area (TPSA) is 41.6 Å². The van der Waals surface area contributed by atoms with E-state index in [0.29, 0.717) is 13.2 Å². The minimum Gasteiger partial charge on any atom is -0.489 e. The average molecular weight is 366 g/mol. The van der Waals surface area contributed by atoms with Crippen molar-refractivity contribution in [2.45, 2.75) is 13.2 Å². The van der Waals surface area contributed by atoms with Crippen LogP contribution in [-0.4, -0.2) is 24.4 Å². The third kappa shape index (κ3) is 5.72. The fourth-order valence-electron chi connectivity index (χ4n) is 2.57. The van der Waals surface area contributed by atoms with Crippen LogP contribution in [0.2, 0.25) is 0 Å². The number of nitrogens with zero attached hydrogens (tertiary/aromatic N) is 1. The number of carbonyl (C=O) groups excluding carboxylic acids is 1. The van der Waals surface area contributed by atoms with E-state index in [1.54, 1.807) is 11.3 Å². The van der Waals surface area contributed by atoms with Gasteiger partial charge in [0.25, 0.3) is 0 Å². The van der Waals surface area contributed by atoms with E-state index in [1.807, 2.05) is 71.9 Å². The standard InChI is InChI=1S/C21H22N2O2S/c1-23(13-18-11-12-26-16-18)14-21(24)22-19-7-9-20(10-8-19)25-15-17-5-3-2-4-6-17/h2-12,16H,13-15H2,1H3,(H,22,24). The Morgan fingerprint density at radius 2 is 1.81 bits per heavy atom. The van der Waals surface area contributed by atoms with E-state index >= 15 is 0 Å². The van der Waals surface area contributed by atoms with Gasteiger partial charge in [0.1, 0.15) is 12.4 Å². The predicted molar refractivity (Wildman–Crippen MR) is 106 cm³/mol. The minimum atomic E-state index is -0.0271. The lowest BCUT2D eigenvalue weighted by Crippen LogP contribution is -2.29. The van der Waals surface area contributed by atoms with Crippen LogP contribution in [0, 0.1) is 0 Å². The molecule has 26 heavy (non-hydrogen) atoms. The minimum absolute atomic E-state index is 0.0271. The van der Waals surface area contributed by atoms with Gasteiger partial charge in [-0.3, -0.25) is 9.69 Å². The van der Waals surface area contributed by atoms with Crippen LogP contribution in [0.4, 0.5) is 5.69 Å². The molecule has 1 N–H and O–H groups in total. The molecule has 0 aliphatic carbocycles. The first-order valence-corrected chi connectivity index (χ1v) is 9.39. The van der Waals surface area contributed by atoms with Crippen LogP contribution in [0.15, 0.2) is 71.4 Å². The van der Waals surface area contributed by atoms with Crippen molar-refractivity contribution in [3.8, 4) is 5.75 Å². The molecule has 3 rings (SSSR count). The lowest BCUT2D eigenvalue weighted by Gasteiger charge is -2.15. The molecule has 1 amide bonds. The fourth-order valence-corrected chi connectivity index (χ4v) is 3.23. The summed E-state index contributed by atoms with van der Waals surface area (Å²) in [5.41, 5.74) is 3.12. The van der Waals surface area contributed by atoms with E-state index in [1.165, 1.54) is 5.56 Å². The third-order valence-corrected chi connectivity index (χ3v) is 4.56. The molecule has 3 aromatic rings. The van der Waals surface area contributed by atoms with Gasteiger partial charge >= 0.3 is 0 Å². The Morgan fingerprint density at radius 1 is 1.04 bits per heavy atom. The number of nitrogens with one attached hydrogen (secondary N) is 1. The SMILES string of the molecule is CN(CC(=O)Nc1ccc(OCc2ccccc2)cc1)Cc1ccsc1. The smallest absolute Gasteiger partial charge is 0.238 e. The van der Waals surface area contributed by atoms with Crippen LogP contribution in [0.25, 0.3) is 0 Å². The molecular formula is C21H22N2O2S. The first kappa shape index (κ1) is 18.2. The summed E-state index contributed by atoms with van der Waals surface area (Å²) < 4.78 is 5.76. The van der Waals surface area contributed by atoms with E-state index in [2.05, 4.69) is 16.8 Å². The van der Waals surface area contributed by atoms with Crippen molar-refractivity contribution in [1.82, 2.24) is 4.90 Å². The molecule has 1 heterocycles. The Labute approximate surface area is 158 Å². The molecule has 0 radical (unpaired) electrons. The number of thiophene rings is 1. The monoisotopic (exact) mass is 366 g/mol. The second kappa shape index (κ2) is 9.17. The first-order valence-electron chi connectivity index (χ1n) is 8.45. The van der Waals surface area contributed by atoms with Crippen molar-refractivity contribution in [2.75, 3.05) is 18.9 Å². The van der Waals surface area contributed by atoms with Crippen molar-refractivity contribution >= 4 is 22.9 Å². The van der Waals surface area contributed by atoms with E-state index in [-0.39, 0.29) is 5.91 Å². The number of rotatable bonds is 8. The van der Waals surface area contributed by atoms with Crippen molar-refractivity contribution in [1.29, 1.82) is 0 Å². The Bertz CT molecular complexity index is 802. The van der Waals surface area contributed by atoms with Gasteiger partial charge in [-0.2, -0.15) is 11.3 Å². The van der Waals surface area contributed by atoms with Gasteiger partial charge in [0.05, 0.1) is 6.54 Å². The summed E-state index contributed by atoms with van der Waals surface area (Å²) in [5, 5.41) is 7.07. The molecule has 0 aliphatic heterocycles. The number of anilines is 1. The summed E-state index contributed by atoms with van der Waals surface area (Å²) in [6.07, 6.45) is 0. The zero-order valence-corrected chi connectivity index (χ0v) is 15.5. The fraction of sp³-hybridized carbons (Fsp3) is 0.190. The molecule has 2 aromatic carbocycles. The largest absolute Gasteiger partial charge is 0.489 e. The highest BCUT2D eigenvalue weighted by Gasteiger charge is 2.08. The van der Waals surface area contributed by atoms with Gasteiger partial charge in [-0.25, -0.2) is 0 Å². The molecule has 0 bridgehead atoms. The molecule has 0 unspecified atom stereocenters.